The van der Waals surface area contributed by atoms with Crippen molar-refractivity contribution in [3.63, 3.8) is 0 Å². The smallest absolute Gasteiger partial charge is 0.349 e. The van der Waals surface area contributed by atoms with Gasteiger partial charge < -0.3 is 10.5 Å². The van der Waals surface area contributed by atoms with Crippen molar-refractivity contribution in [2.75, 3.05) is 13.7 Å². The number of ether oxygens (including phenoxy) is 1. The Morgan fingerprint density at radius 1 is 1.45 bits per heavy atom. The van der Waals surface area contributed by atoms with Crippen LogP contribution in [-0.2, 0) is 14.8 Å². The first-order valence-corrected chi connectivity index (χ1v) is 9.24. The molecule has 0 spiro atoms. The molecule has 1 aliphatic carbocycles. The Bertz CT molecular complexity index is 603. The van der Waals surface area contributed by atoms with Crippen LogP contribution in [0.3, 0.4) is 0 Å². The van der Waals surface area contributed by atoms with Crippen LogP contribution < -0.4 is 10.5 Å². The van der Waals surface area contributed by atoms with Crippen molar-refractivity contribution < 1.29 is 17.9 Å². The molecule has 1 aromatic rings. The van der Waals surface area contributed by atoms with Crippen LogP contribution in [-0.4, -0.2) is 34.1 Å². The number of sulfonamides is 1. The van der Waals surface area contributed by atoms with E-state index in [-0.39, 0.29) is 34.1 Å². The van der Waals surface area contributed by atoms with Gasteiger partial charge in [0.05, 0.1) is 7.11 Å². The van der Waals surface area contributed by atoms with Gasteiger partial charge in [-0.2, -0.15) is 0 Å². The molecule has 0 radical (unpaired) electrons. The van der Waals surface area contributed by atoms with Crippen molar-refractivity contribution in [2.24, 2.45) is 11.7 Å². The number of carbonyl (C=O) groups excluding carboxylic acids is 1. The zero-order chi connectivity index (χ0) is 15.5. The summed E-state index contributed by atoms with van der Waals surface area (Å²) < 4.78 is 32.4. The van der Waals surface area contributed by atoms with Gasteiger partial charge in [-0.15, -0.1) is 23.7 Å². The van der Waals surface area contributed by atoms with E-state index in [0.717, 1.165) is 37.0 Å². The molecule has 0 bridgehead atoms. The van der Waals surface area contributed by atoms with Gasteiger partial charge in [-0.25, -0.2) is 17.9 Å². The van der Waals surface area contributed by atoms with E-state index >= 15 is 0 Å². The first-order chi connectivity index (χ1) is 9.99. The number of esters is 1. The number of thiophene rings is 1. The zero-order valence-corrected chi connectivity index (χ0v) is 14.7. The maximum absolute atomic E-state index is 12.5. The number of hydrogen-bond donors (Lipinski definition) is 2. The summed E-state index contributed by atoms with van der Waals surface area (Å²) in [5, 5.41) is 1.57. The highest BCUT2D eigenvalue weighted by Crippen LogP contribution is 2.27. The fourth-order valence-electron chi connectivity index (χ4n) is 2.66. The fourth-order valence-corrected chi connectivity index (χ4v) is 5.33. The monoisotopic (exact) mass is 368 g/mol. The third kappa shape index (κ3) is 4.20. The molecule has 2 atom stereocenters. The van der Waals surface area contributed by atoms with Gasteiger partial charge in [-0.3, -0.25) is 0 Å². The second-order valence-electron chi connectivity index (χ2n) is 5.11. The molecule has 1 aliphatic rings. The van der Waals surface area contributed by atoms with E-state index in [0.29, 0.717) is 6.54 Å². The highest BCUT2D eigenvalue weighted by Gasteiger charge is 2.31. The largest absolute Gasteiger partial charge is 0.465 e. The summed E-state index contributed by atoms with van der Waals surface area (Å²) in [6.45, 7) is 0.459. The summed E-state index contributed by atoms with van der Waals surface area (Å²) >= 11 is 1.06. The summed E-state index contributed by atoms with van der Waals surface area (Å²) in [5.74, 6) is -0.488. The molecule has 0 aliphatic heterocycles. The summed E-state index contributed by atoms with van der Waals surface area (Å²) in [5.41, 5.74) is 5.72. The van der Waals surface area contributed by atoms with Crippen molar-refractivity contribution in [3.05, 3.63) is 16.3 Å². The minimum Gasteiger partial charge on any atom is -0.465 e. The minimum atomic E-state index is -3.74. The molecule has 2 rings (SSSR count). The molecule has 22 heavy (non-hydrogen) atoms. The third-order valence-electron chi connectivity index (χ3n) is 3.81. The molecule has 0 saturated heterocycles. The minimum absolute atomic E-state index is 0. The van der Waals surface area contributed by atoms with Crippen LogP contribution in [0.15, 0.2) is 16.3 Å². The Balaban J connectivity index is 0.00000242. The molecule has 1 saturated carbocycles. The third-order valence-corrected chi connectivity index (χ3v) is 6.36. The van der Waals surface area contributed by atoms with Gasteiger partial charge in [0.1, 0.15) is 9.77 Å². The van der Waals surface area contributed by atoms with Crippen molar-refractivity contribution in [1.82, 2.24) is 4.72 Å². The lowest BCUT2D eigenvalue weighted by Gasteiger charge is -2.30. The second-order valence-corrected chi connectivity index (χ2v) is 7.71. The molecule has 0 amide bonds. The Labute approximate surface area is 140 Å². The predicted octanol–water partition coefficient (Wildman–Crippen LogP) is 1.75. The maximum Gasteiger partial charge on any atom is 0.349 e. The van der Waals surface area contributed by atoms with E-state index in [4.69, 9.17) is 5.73 Å². The fraction of sp³-hybridized carbons (Fsp3) is 0.615. The molecular formula is C13H21ClN2O4S2. The van der Waals surface area contributed by atoms with E-state index in [1.807, 2.05) is 0 Å². The topological polar surface area (TPSA) is 98.5 Å². The Hall–Kier alpha value is -0.670. The van der Waals surface area contributed by atoms with E-state index in [1.54, 1.807) is 5.38 Å². The highest BCUT2D eigenvalue weighted by molar-refractivity contribution is 7.89. The van der Waals surface area contributed by atoms with E-state index in [1.165, 1.54) is 13.2 Å². The van der Waals surface area contributed by atoms with Gasteiger partial charge in [-0.1, -0.05) is 12.8 Å². The van der Waals surface area contributed by atoms with Gasteiger partial charge in [0.2, 0.25) is 10.0 Å². The Kier molecular flexibility index (Phi) is 7.27. The lowest BCUT2D eigenvalue weighted by Crippen LogP contribution is -2.44. The zero-order valence-electron chi connectivity index (χ0n) is 12.3. The number of rotatable bonds is 5. The van der Waals surface area contributed by atoms with E-state index in [2.05, 4.69) is 9.46 Å². The molecule has 0 aromatic carbocycles. The van der Waals surface area contributed by atoms with Gasteiger partial charge in [0, 0.05) is 6.04 Å². The normalized spacial score (nSPS) is 21.9. The van der Waals surface area contributed by atoms with E-state index < -0.39 is 16.0 Å². The number of methoxy groups -OCH3 is 1. The van der Waals surface area contributed by atoms with Crippen LogP contribution >= 0.6 is 23.7 Å². The van der Waals surface area contributed by atoms with Crippen molar-refractivity contribution in [2.45, 2.75) is 36.6 Å². The maximum atomic E-state index is 12.5. The summed E-state index contributed by atoms with van der Waals surface area (Å²) in [6.07, 6.45) is 3.76. The number of nitrogens with two attached hydrogens (primary N) is 1. The summed E-state index contributed by atoms with van der Waals surface area (Å²) in [7, 11) is -2.51. The number of halogens is 1. The number of nitrogens with one attached hydrogen (secondary N) is 1. The Morgan fingerprint density at radius 3 is 2.77 bits per heavy atom. The first-order valence-electron chi connectivity index (χ1n) is 6.87. The SMILES string of the molecule is COC(=O)c1sccc1S(=O)(=O)NC1CCCCC1CN.Cl. The molecule has 1 heterocycles. The average molecular weight is 369 g/mol. The van der Waals surface area contributed by atoms with Crippen LogP contribution in [0.1, 0.15) is 35.4 Å². The molecule has 1 fully saturated rings. The average Bonchev–Trinajstić information content (AvgIpc) is 2.97. The molecule has 9 heteroatoms. The van der Waals surface area contributed by atoms with Gasteiger partial charge >= 0.3 is 5.97 Å². The summed E-state index contributed by atoms with van der Waals surface area (Å²) in [4.78, 5) is 11.7. The standard InChI is InChI=1S/C13H20N2O4S2.ClH/c1-19-13(16)12-11(6-7-20-12)21(17,18)15-10-5-3-2-4-9(10)8-14;/h6-7,9-10,15H,2-5,8,14H2,1H3;1H. The van der Waals surface area contributed by atoms with Crippen LogP contribution in [0.25, 0.3) is 0 Å². The van der Waals surface area contributed by atoms with Crippen LogP contribution in [0.4, 0.5) is 0 Å². The van der Waals surface area contributed by atoms with Crippen molar-refractivity contribution in [3.8, 4) is 0 Å². The number of carbonyl (C=O) groups is 1. The van der Waals surface area contributed by atoms with Crippen molar-refractivity contribution in [1.29, 1.82) is 0 Å². The van der Waals surface area contributed by atoms with Crippen LogP contribution in [0, 0.1) is 5.92 Å². The predicted molar refractivity (Wildman–Crippen MR) is 88.0 cm³/mol. The van der Waals surface area contributed by atoms with Crippen molar-refractivity contribution >= 4 is 39.7 Å². The molecule has 126 valence electrons. The van der Waals surface area contributed by atoms with Gasteiger partial charge in [0.15, 0.2) is 0 Å². The summed E-state index contributed by atoms with van der Waals surface area (Å²) in [6, 6.07) is 1.26. The molecule has 2 unspecified atom stereocenters. The van der Waals surface area contributed by atoms with Crippen LogP contribution in [0.2, 0.25) is 0 Å². The lowest BCUT2D eigenvalue weighted by atomic mass is 9.85. The van der Waals surface area contributed by atoms with E-state index in [9.17, 15) is 13.2 Å². The molecule has 1 aromatic heterocycles. The lowest BCUT2D eigenvalue weighted by molar-refractivity contribution is 0.0602. The molecule has 3 N–H and O–H groups in total. The first kappa shape index (κ1) is 19.4. The van der Waals surface area contributed by atoms with Crippen LogP contribution in [0.5, 0.6) is 0 Å². The number of hydrogen-bond acceptors (Lipinski definition) is 6. The Morgan fingerprint density at radius 2 is 2.14 bits per heavy atom. The highest BCUT2D eigenvalue weighted by atomic mass is 35.5. The quantitative estimate of drug-likeness (QED) is 0.771. The molecular weight excluding hydrogens is 348 g/mol. The van der Waals surface area contributed by atoms with Gasteiger partial charge in [0.25, 0.3) is 0 Å². The van der Waals surface area contributed by atoms with Gasteiger partial charge in [-0.05, 0) is 36.8 Å². The second kappa shape index (κ2) is 8.26. The molecule has 6 nitrogen and oxygen atoms in total.